The number of amides is 1. The van der Waals surface area contributed by atoms with Gasteiger partial charge in [-0.1, -0.05) is 24.3 Å². The molecular weight excluding hydrogens is 326 g/mol. The van der Waals surface area contributed by atoms with Crippen molar-refractivity contribution in [3.8, 4) is 0 Å². The molecule has 4 rings (SSSR count). The number of carbonyl (C=O) groups excluding carboxylic acids is 1. The van der Waals surface area contributed by atoms with Crippen LogP contribution in [-0.4, -0.2) is 55.2 Å². The Hall–Kier alpha value is -1.44. The maximum atomic E-state index is 12.4. The zero-order valence-electron chi connectivity index (χ0n) is 13.6. The molecule has 2 saturated heterocycles. The van der Waals surface area contributed by atoms with Crippen LogP contribution in [0.1, 0.15) is 30.4 Å². The van der Waals surface area contributed by atoms with Crippen molar-refractivity contribution in [1.82, 2.24) is 13.9 Å². The fraction of sp³-hybridized carbons (Fsp3) is 0.588. The SMILES string of the molecule is O=C1C[C@H](NS(=O)(=O)N2CCCC2)CN1C1Cc2ccccc2C1. The molecule has 1 aromatic rings. The van der Waals surface area contributed by atoms with E-state index in [2.05, 4.69) is 16.9 Å². The summed E-state index contributed by atoms with van der Waals surface area (Å²) in [6.45, 7) is 1.64. The number of nitrogens with zero attached hydrogens (tertiary/aromatic N) is 2. The van der Waals surface area contributed by atoms with Gasteiger partial charge in [-0.2, -0.15) is 17.4 Å². The van der Waals surface area contributed by atoms with E-state index in [0.717, 1.165) is 25.7 Å². The average Bonchev–Trinajstić information content (AvgIpc) is 3.25. The van der Waals surface area contributed by atoms with Crippen molar-refractivity contribution in [2.75, 3.05) is 19.6 Å². The third-order valence-electron chi connectivity index (χ3n) is 5.35. The smallest absolute Gasteiger partial charge is 0.279 e. The lowest BCUT2D eigenvalue weighted by atomic mass is 10.1. The first-order valence-electron chi connectivity index (χ1n) is 8.66. The molecule has 2 fully saturated rings. The van der Waals surface area contributed by atoms with E-state index in [1.807, 2.05) is 17.0 Å². The zero-order chi connectivity index (χ0) is 16.7. The zero-order valence-corrected chi connectivity index (χ0v) is 14.5. The average molecular weight is 349 g/mol. The number of fused-ring (bicyclic) bond motifs is 1. The van der Waals surface area contributed by atoms with Crippen molar-refractivity contribution in [3.63, 3.8) is 0 Å². The van der Waals surface area contributed by atoms with Crippen LogP contribution in [0.2, 0.25) is 0 Å². The lowest BCUT2D eigenvalue weighted by molar-refractivity contribution is -0.129. The van der Waals surface area contributed by atoms with E-state index in [0.29, 0.717) is 19.6 Å². The quantitative estimate of drug-likeness (QED) is 0.869. The molecule has 2 aliphatic heterocycles. The van der Waals surface area contributed by atoms with Crippen LogP contribution in [0.4, 0.5) is 0 Å². The summed E-state index contributed by atoms with van der Waals surface area (Å²) >= 11 is 0. The van der Waals surface area contributed by atoms with Gasteiger partial charge in [0.05, 0.1) is 0 Å². The lowest BCUT2D eigenvalue weighted by Crippen LogP contribution is -2.46. The van der Waals surface area contributed by atoms with Gasteiger partial charge in [0.25, 0.3) is 10.2 Å². The minimum absolute atomic E-state index is 0.0573. The fourth-order valence-corrected chi connectivity index (χ4v) is 5.60. The highest BCUT2D eigenvalue weighted by Gasteiger charge is 2.39. The second-order valence-corrected chi connectivity index (χ2v) is 8.71. The molecule has 3 aliphatic rings. The molecule has 0 aromatic heterocycles. The molecule has 1 amide bonds. The van der Waals surface area contributed by atoms with Crippen LogP contribution < -0.4 is 4.72 Å². The first-order valence-corrected chi connectivity index (χ1v) is 10.1. The Labute approximate surface area is 143 Å². The van der Waals surface area contributed by atoms with Gasteiger partial charge >= 0.3 is 0 Å². The lowest BCUT2D eigenvalue weighted by Gasteiger charge is -2.25. The molecule has 2 heterocycles. The Morgan fingerprint density at radius 1 is 1.00 bits per heavy atom. The molecule has 0 unspecified atom stereocenters. The summed E-state index contributed by atoms with van der Waals surface area (Å²) in [6.07, 6.45) is 3.83. The van der Waals surface area contributed by atoms with E-state index < -0.39 is 10.2 Å². The van der Waals surface area contributed by atoms with Crippen molar-refractivity contribution in [3.05, 3.63) is 35.4 Å². The van der Waals surface area contributed by atoms with Crippen molar-refractivity contribution in [2.45, 2.75) is 44.2 Å². The summed E-state index contributed by atoms with van der Waals surface area (Å²) in [4.78, 5) is 14.3. The largest absolute Gasteiger partial charge is 0.337 e. The number of nitrogens with one attached hydrogen (secondary N) is 1. The molecule has 1 N–H and O–H groups in total. The number of likely N-dealkylation sites (tertiary alicyclic amines) is 1. The monoisotopic (exact) mass is 349 g/mol. The molecular formula is C17H23N3O3S. The van der Waals surface area contributed by atoms with E-state index in [-0.39, 0.29) is 24.4 Å². The molecule has 1 aliphatic carbocycles. The Kier molecular flexibility index (Phi) is 4.10. The number of hydrogen-bond acceptors (Lipinski definition) is 3. The van der Waals surface area contributed by atoms with E-state index in [1.54, 1.807) is 0 Å². The van der Waals surface area contributed by atoms with E-state index in [4.69, 9.17) is 0 Å². The molecule has 6 nitrogen and oxygen atoms in total. The molecule has 7 heteroatoms. The predicted octanol–water partition coefficient (Wildman–Crippen LogP) is 0.685. The molecule has 1 atom stereocenters. The summed E-state index contributed by atoms with van der Waals surface area (Å²) in [7, 11) is -3.46. The highest BCUT2D eigenvalue weighted by atomic mass is 32.2. The van der Waals surface area contributed by atoms with Crippen molar-refractivity contribution < 1.29 is 13.2 Å². The highest BCUT2D eigenvalue weighted by Crippen LogP contribution is 2.28. The molecule has 24 heavy (non-hydrogen) atoms. The number of carbonyl (C=O) groups is 1. The maximum absolute atomic E-state index is 12.4. The van der Waals surface area contributed by atoms with Gasteiger partial charge in [0.1, 0.15) is 0 Å². The van der Waals surface area contributed by atoms with Gasteiger partial charge in [-0.3, -0.25) is 4.79 Å². The van der Waals surface area contributed by atoms with Crippen LogP contribution in [-0.2, 0) is 27.8 Å². The molecule has 0 spiro atoms. The number of rotatable bonds is 4. The minimum atomic E-state index is -3.46. The Balaban J connectivity index is 1.41. The maximum Gasteiger partial charge on any atom is 0.279 e. The van der Waals surface area contributed by atoms with Crippen LogP contribution in [0.5, 0.6) is 0 Å². The van der Waals surface area contributed by atoms with Gasteiger partial charge < -0.3 is 4.90 Å². The van der Waals surface area contributed by atoms with E-state index in [1.165, 1.54) is 15.4 Å². The normalized spacial score (nSPS) is 25.6. The predicted molar refractivity (Wildman–Crippen MR) is 90.6 cm³/mol. The van der Waals surface area contributed by atoms with Gasteiger partial charge in [0, 0.05) is 38.1 Å². The van der Waals surface area contributed by atoms with Gasteiger partial charge in [0.15, 0.2) is 0 Å². The van der Waals surface area contributed by atoms with Gasteiger partial charge in [-0.25, -0.2) is 0 Å². The first-order chi connectivity index (χ1) is 11.5. The first kappa shape index (κ1) is 16.1. The third kappa shape index (κ3) is 2.96. The van der Waals surface area contributed by atoms with Gasteiger partial charge in [0.2, 0.25) is 5.91 Å². The fourth-order valence-electron chi connectivity index (χ4n) is 4.13. The van der Waals surface area contributed by atoms with Crippen LogP contribution in [0.15, 0.2) is 24.3 Å². The molecule has 1 aromatic carbocycles. The molecule has 0 saturated carbocycles. The third-order valence-corrected chi connectivity index (χ3v) is 7.03. The molecule has 130 valence electrons. The van der Waals surface area contributed by atoms with E-state index >= 15 is 0 Å². The van der Waals surface area contributed by atoms with Crippen molar-refractivity contribution in [2.24, 2.45) is 0 Å². The topological polar surface area (TPSA) is 69.7 Å². The Bertz CT molecular complexity index is 718. The summed E-state index contributed by atoms with van der Waals surface area (Å²) in [6, 6.07) is 8.13. The van der Waals surface area contributed by atoms with Gasteiger partial charge in [-0.05, 0) is 36.8 Å². The van der Waals surface area contributed by atoms with Crippen LogP contribution >= 0.6 is 0 Å². The minimum Gasteiger partial charge on any atom is -0.337 e. The van der Waals surface area contributed by atoms with Crippen molar-refractivity contribution >= 4 is 16.1 Å². The second-order valence-electron chi connectivity index (χ2n) is 7.01. The number of hydrogen-bond donors (Lipinski definition) is 1. The Morgan fingerprint density at radius 2 is 1.62 bits per heavy atom. The van der Waals surface area contributed by atoms with E-state index in [9.17, 15) is 13.2 Å². The highest BCUT2D eigenvalue weighted by molar-refractivity contribution is 7.87. The standard InChI is InChI=1S/C17H23N3O3S/c21-17-11-15(18-24(22,23)19-7-3-4-8-19)12-20(17)16-9-13-5-1-2-6-14(13)10-16/h1-2,5-6,15-16,18H,3-4,7-12H2/t15-/m0/s1. The van der Waals surface area contributed by atoms with Crippen LogP contribution in [0.3, 0.4) is 0 Å². The molecule has 0 bridgehead atoms. The number of benzene rings is 1. The molecule has 0 radical (unpaired) electrons. The summed E-state index contributed by atoms with van der Waals surface area (Å²) in [5, 5.41) is 0. The van der Waals surface area contributed by atoms with Crippen molar-refractivity contribution in [1.29, 1.82) is 0 Å². The summed E-state index contributed by atoms with van der Waals surface area (Å²) < 4.78 is 29.0. The summed E-state index contributed by atoms with van der Waals surface area (Å²) in [5.74, 6) is 0.0573. The van der Waals surface area contributed by atoms with Crippen LogP contribution in [0, 0.1) is 0 Å². The van der Waals surface area contributed by atoms with Gasteiger partial charge in [-0.15, -0.1) is 0 Å². The second kappa shape index (κ2) is 6.13. The van der Waals surface area contributed by atoms with Crippen LogP contribution in [0.25, 0.3) is 0 Å². The Morgan fingerprint density at radius 3 is 2.25 bits per heavy atom. The summed E-state index contributed by atoms with van der Waals surface area (Å²) in [5.41, 5.74) is 2.60.